The molecule has 0 spiro atoms. The zero-order valence-electron chi connectivity index (χ0n) is 12.8. The van der Waals surface area contributed by atoms with E-state index in [0.29, 0.717) is 12.3 Å². The Hall–Kier alpha value is -1.86. The van der Waals surface area contributed by atoms with Gasteiger partial charge >= 0.3 is 5.97 Å². The number of esters is 1. The Morgan fingerprint density at radius 3 is 3.00 bits per heavy atom. The molecule has 0 unspecified atom stereocenters. The Bertz CT molecular complexity index is 666. The number of thioether (sulfide) groups is 1. The largest absolute Gasteiger partial charge is 0.453 e. The molecule has 0 radical (unpaired) electrons. The number of hydrogen-bond acceptors (Lipinski definition) is 6. The van der Waals surface area contributed by atoms with Crippen LogP contribution in [0, 0.1) is 0 Å². The zero-order chi connectivity index (χ0) is 16.7. The third kappa shape index (κ3) is 5.37. The van der Waals surface area contributed by atoms with E-state index in [1.165, 1.54) is 11.8 Å². The first-order valence-electron chi connectivity index (χ1n) is 7.16. The van der Waals surface area contributed by atoms with Gasteiger partial charge in [-0.05, 0) is 19.1 Å². The van der Waals surface area contributed by atoms with E-state index in [1.54, 1.807) is 24.3 Å². The maximum Gasteiger partial charge on any atom is 0.307 e. The van der Waals surface area contributed by atoms with Crippen LogP contribution in [0.1, 0.15) is 13.3 Å². The topological polar surface area (TPSA) is 68.3 Å². The van der Waals surface area contributed by atoms with E-state index in [1.807, 2.05) is 24.3 Å². The smallest absolute Gasteiger partial charge is 0.307 e. The molecule has 0 aliphatic rings. The first-order chi connectivity index (χ1) is 11.1. The Labute approximate surface area is 143 Å². The zero-order valence-corrected chi connectivity index (χ0v) is 14.4. The van der Waals surface area contributed by atoms with Crippen LogP contribution in [0.4, 0.5) is 0 Å². The second-order valence-corrected chi connectivity index (χ2v) is 7.08. The molecule has 0 saturated heterocycles. The minimum Gasteiger partial charge on any atom is -0.453 e. The van der Waals surface area contributed by atoms with E-state index in [4.69, 9.17) is 4.74 Å². The van der Waals surface area contributed by atoms with Gasteiger partial charge in [-0.15, -0.1) is 17.9 Å². The second-order valence-electron chi connectivity index (χ2n) is 4.71. The summed E-state index contributed by atoms with van der Waals surface area (Å²) < 4.78 is 7.15. The average molecular weight is 350 g/mol. The van der Waals surface area contributed by atoms with Gasteiger partial charge in [0.1, 0.15) is 0 Å². The highest BCUT2D eigenvalue weighted by atomic mass is 32.2. The molecule has 0 bridgehead atoms. The SMILES string of the molecule is C=CCNC(=O)[C@@H](C)OC(=O)CCSc1nc2ccccc2s1. The van der Waals surface area contributed by atoms with Crippen LogP contribution in [0.5, 0.6) is 0 Å². The molecule has 23 heavy (non-hydrogen) atoms. The maximum atomic E-state index is 11.7. The molecule has 2 aromatic rings. The lowest BCUT2D eigenvalue weighted by atomic mass is 10.3. The summed E-state index contributed by atoms with van der Waals surface area (Å²) in [6.45, 7) is 5.42. The number of nitrogens with one attached hydrogen (secondary N) is 1. The van der Waals surface area contributed by atoms with E-state index in [-0.39, 0.29) is 18.3 Å². The lowest BCUT2D eigenvalue weighted by molar-refractivity contribution is -0.154. The van der Waals surface area contributed by atoms with Gasteiger partial charge < -0.3 is 10.1 Å². The number of thiazole rings is 1. The summed E-state index contributed by atoms with van der Waals surface area (Å²) in [5.41, 5.74) is 0.968. The number of fused-ring (bicyclic) bond motifs is 1. The van der Waals surface area contributed by atoms with Crippen molar-refractivity contribution in [2.24, 2.45) is 0 Å². The fourth-order valence-corrected chi connectivity index (χ4v) is 3.82. The fourth-order valence-electron chi connectivity index (χ4n) is 1.76. The second kappa shape index (κ2) is 8.69. The third-order valence-corrected chi connectivity index (χ3v) is 5.09. The molecule has 0 fully saturated rings. The van der Waals surface area contributed by atoms with Crippen molar-refractivity contribution >= 4 is 45.2 Å². The molecule has 1 N–H and O–H groups in total. The van der Waals surface area contributed by atoms with Crippen LogP contribution in [0.3, 0.4) is 0 Å². The van der Waals surface area contributed by atoms with Crippen LogP contribution >= 0.6 is 23.1 Å². The maximum absolute atomic E-state index is 11.7. The Morgan fingerprint density at radius 2 is 2.26 bits per heavy atom. The van der Waals surface area contributed by atoms with Gasteiger partial charge in [0, 0.05) is 12.3 Å². The number of rotatable bonds is 8. The van der Waals surface area contributed by atoms with Gasteiger partial charge in [-0.2, -0.15) is 0 Å². The third-order valence-electron chi connectivity index (χ3n) is 2.90. The summed E-state index contributed by atoms with van der Waals surface area (Å²) in [6.07, 6.45) is 1.01. The van der Waals surface area contributed by atoms with E-state index in [2.05, 4.69) is 16.9 Å². The van der Waals surface area contributed by atoms with Gasteiger partial charge in [0.25, 0.3) is 5.91 Å². The normalized spacial score (nSPS) is 11.9. The lowest BCUT2D eigenvalue weighted by Crippen LogP contribution is -2.35. The molecule has 0 aliphatic carbocycles. The minimum absolute atomic E-state index is 0.236. The number of benzene rings is 1. The molecule has 122 valence electrons. The molecule has 5 nitrogen and oxygen atoms in total. The van der Waals surface area contributed by atoms with Crippen molar-refractivity contribution in [3.8, 4) is 0 Å². The molecule has 1 aromatic heterocycles. The number of hydrogen-bond donors (Lipinski definition) is 1. The number of carbonyl (C=O) groups excluding carboxylic acids is 2. The van der Waals surface area contributed by atoms with Crippen LogP contribution in [-0.4, -0.2) is 35.3 Å². The molecular formula is C16H18N2O3S2. The highest BCUT2D eigenvalue weighted by molar-refractivity contribution is 8.01. The summed E-state index contributed by atoms with van der Waals surface area (Å²) in [4.78, 5) is 27.8. The summed E-state index contributed by atoms with van der Waals surface area (Å²) in [5.74, 6) is -0.142. The molecular weight excluding hydrogens is 332 g/mol. The van der Waals surface area contributed by atoms with Gasteiger partial charge in [0.15, 0.2) is 10.4 Å². The monoisotopic (exact) mass is 350 g/mol. The van der Waals surface area contributed by atoms with Crippen LogP contribution in [0.2, 0.25) is 0 Å². The number of aromatic nitrogens is 1. The summed E-state index contributed by atoms with van der Waals surface area (Å²) in [5, 5.41) is 2.59. The predicted octanol–water partition coefficient (Wildman–Crippen LogP) is 3.01. The Morgan fingerprint density at radius 1 is 1.48 bits per heavy atom. The quantitative estimate of drug-likeness (QED) is 0.450. The van der Waals surface area contributed by atoms with Gasteiger partial charge in [-0.3, -0.25) is 9.59 Å². The first kappa shape index (κ1) is 17.5. The predicted molar refractivity (Wildman–Crippen MR) is 93.7 cm³/mol. The van der Waals surface area contributed by atoms with Crippen molar-refractivity contribution in [3.05, 3.63) is 36.9 Å². The van der Waals surface area contributed by atoms with Crippen LogP contribution in [0.15, 0.2) is 41.3 Å². The van der Waals surface area contributed by atoms with Crippen LogP contribution < -0.4 is 5.32 Å². The van der Waals surface area contributed by atoms with Crippen molar-refractivity contribution in [1.82, 2.24) is 10.3 Å². The molecule has 0 saturated carbocycles. The van der Waals surface area contributed by atoms with Crippen molar-refractivity contribution in [3.63, 3.8) is 0 Å². The highest BCUT2D eigenvalue weighted by Gasteiger charge is 2.17. The standard InChI is InChI=1S/C16H18N2O3S2/c1-3-9-17-15(20)11(2)21-14(19)8-10-22-16-18-12-6-4-5-7-13(12)23-16/h3-7,11H,1,8-10H2,2H3,(H,17,20)/t11-/m1/s1. The van der Waals surface area contributed by atoms with Gasteiger partial charge in [0.05, 0.1) is 16.6 Å². The molecule has 1 amide bonds. The summed E-state index contributed by atoms with van der Waals surface area (Å²) in [7, 11) is 0. The molecule has 2 rings (SSSR count). The molecule has 1 heterocycles. The first-order valence-corrected chi connectivity index (χ1v) is 8.97. The molecule has 7 heteroatoms. The number of amides is 1. The van der Waals surface area contributed by atoms with Gasteiger partial charge in [-0.25, -0.2) is 4.98 Å². The molecule has 1 atom stereocenters. The number of para-hydroxylation sites is 1. The lowest BCUT2D eigenvalue weighted by Gasteiger charge is -2.12. The summed E-state index contributed by atoms with van der Waals surface area (Å²) >= 11 is 3.12. The van der Waals surface area contributed by atoms with E-state index in [9.17, 15) is 9.59 Å². The van der Waals surface area contributed by atoms with Crippen molar-refractivity contribution in [1.29, 1.82) is 0 Å². The minimum atomic E-state index is -0.796. The van der Waals surface area contributed by atoms with Gasteiger partial charge in [0.2, 0.25) is 0 Å². The summed E-state index contributed by atoms with van der Waals surface area (Å²) in [6, 6.07) is 7.92. The van der Waals surface area contributed by atoms with Crippen LogP contribution in [-0.2, 0) is 14.3 Å². The highest BCUT2D eigenvalue weighted by Crippen LogP contribution is 2.29. The van der Waals surface area contributed by atoms with Crippen LogP contribution in [0.25, 0.3) is 10.2 Å². The van der Waals surface area contributed by atoms with Crippen molar-refractivity contribution in [2.75, 3.05) is 12.3 Å². The van der Waals surface area contributed by atoms with E-state index < -0.39 is 6.10 Å². The van der Waals surface area contributed by atoms with Gasteiger partial charge in [-0.1, -0.05) is 30.0 Å². The number of carbonyl (C=O) groups is 2. The van der Waals surface area contributed by atoms with Crippen molar-refractivity contribution < 1.29 is 14.3 Å². The number of ether oxygens (including phenoxy) is 1. The Kier molecular flexibility index (Phi) is 6.61. The molecule has 1 aromatic carbocycles. The number of nitrogens with zero attached hydrogens (tertiary/aromatic N) is 1. The average Bonchev–Trinajstić information content (AvgIpc) is 2.95. The van der Waals surface area contributed by atoms with E-state index in [0.717, 1.165) is 14.6 Å². The Balaban J connectivity index is 1.74. The molecule has 0 aliphatic heterocycles. The fraction of sp³-hybridized carbons (Fsp3) is 0.312. The van der Waals surface area contributed by atoms with E-state index >= 15 is 0 Å². The van der Waals surface area contributed by atoms with Crippen molar-refractivity contribution in [2.45, 2.75) is 23.8 Å².